The van der Waals surface area contributed by atoms with Gasteiger partial charge in [0.1, 0.15) is 0 Å². The van der Waals surface area contributed by atoms with Crippen molar-refractivity contribution in [3.8, 4) is 0 Å². The first-order valence-corrected chi connectivity index (χ1v) is 6.69. The summed E-state index contributed by atoms with van der Waals surface area (Å²) in [5.41, 5.74) is 9.94. The van der Waals surface area contributed by atoms with Crippen molar-refractivity contribution in [3.05, 3.63) is 65.5 Å². The first-order valence-electron chi connectivity index (χ1n) is 6.69. The number of hydrogen-bond acceptors (Lipinski definition) is 3. The van der Waals surface area contributed by atoms with Crippen LogP contribution in [0.15, 0.2) is 48.7 Å². The molecular formula is C16H18N2O. The van der Waals surface area contributed by atoms with Crippen molar-refractivity contribution in [3.63, 3.8) is 0 Å². The molecule has 2 aromatic rings. The van der Waals surface area contributed by atoms with Gasteiger partial charge in [-0.05, 0) is 29.7 Å². The number of benzene rings is 1. The molecular weight excluding hydrogens is 236 g/mol. The number of nitrogens with two attached hydrogens (primary N) is 1. The van der Waals surface area contributed by atoms with Gasteiger partial charge >= 0.3 is 0 Å². The number of ether oxygens (including phenoxy) is 1. The molecule has 1 aromatic heterocycles. The van der Waals surface area contributed by atoms with Crippen LogP contribution < -0.4 is 5.73 Å². The molecule has 0 bridgehead atoms. The van der Waals surface area contributed by atoms with E-state index in [1.807, 2.05) is 24.3 Å². The maximum atomic E-state index is 6.33. The van der Waals surface area contributed by atoms with Crippen molar-refractivity contribution in [2.24, 2.45) is 5.73 Å². The third-order valence-electron chi connectivity index (χ3n) is 3.59. The van der Waals surface area contributed by atoms with Crippen LogP contribution in [0.1, 0.15) is 22.9 Å². The quantitative estimate of drug-likeness (QED) is 0.914. The van der Waals surface area contributed by atoms with Crippen LogP contribution in [0.5, 0.6) is 0 Å². The Balaban J connectivity index is 1.80. The molecule has 0 aliphatic carbocycles. The second-order valence-corrected chi connectivity index (χ2v) is 4.93. The Kier molecular flexibility index (Phi) is 3.58. The van der Waals surface area contributed by atoms with Crippen molar-refractivity contribution < 1.29 is 4.74 Å². The molecule has 1 aliphatic rings. The summed E-state index contributed by atoms with van der Waals surface area (Å²) < 4.78 is 5.89. The molecule has 2 atom stereocenters. The van der Waals surface area contributed by atoms with E-state index in [0.717, 1.165) is 25.1 Å². The van der Waals surface area contributed by atoms with Gasteiger partial charge in [0.15, 0.2) is 0 Å². The monoisotopic (exact) mass is 254 g/mol. The second-order valence-electron chi connectivity index (χ2n) is 4.93. The average molecular weight is 254 g/mol. The summed E-state index contributed by atoms with van der Waals surface area (Å²) in [7, 11) is 0. The van der Waals surface area contributed by atoms with Crippen LogP contribution in [0.2, 0.25) is 0 Å². The number of nitrogens with zero attached hydrogens (tertiary/aromatic N) is 1. The van der Waals surface area contributed by atoms with Gasteiger partial charge in [0, 0.05) is 24.4 Å². The first-order chi connectivity index (χ1) is 9.34. The normalized spacial score (nSPS) is 19.7. The highest BCUT2D eigenvalue weighted by Gasteiger charge is 2.26. The summed E-state index contributed by atoms with van der Waals surface area (Å²) in [5, 5.41) is 0. The molecule has 3 nitrogen and oxygen atoms in total. The van der Waals surface area contributed by atoms with E-state index in [2.05, 4.69) is 23.2 Å². The topological polar surface area (TPSA) is 48.1 Å². The van der Waals surface area contributed by atoms with Crippen LogP contribution in [0.3, 0.4) is 0 Å². The molecule has 0 spiro atoms. The third kappa shape index (κ3) is 2.67. The van der Waals surface area contributed by atoms with Crippen molar-refractivity contribution in [2.75, 3.05) is 6.61 Å². The molecule has 0 saturated heterocycles. The number of pyridine rings is 1. The van der Waals surface area contributed by atoms with E-state index in [4.69, 9.17) is 10.5 Å². The minimum absolute atomic E-state index is 0.0213. The zero-order valence-corrected chi connectivity index (χ0v) is 10.8. The fourth-order valence-electron chi connectivity index (χ4n) is 2.65. The molecule has 0 saturated carbocycles. The molecule has 0 fully saturated rings. The fourth-order valence-corrected chi connectivity index (χ4v) is 2.65. The molecule has 2 heterocycles. The maximum Gasteiger partial charge on any atom is 0.0982 e. The van der Waals surface area contributed by atoms with Crippen molar-refractivity contribution >= 4 is 0 Å². The van der Waals surface area contributed by atoms with Crippen LogP contribution in [0.25, 0.3) is 0 Å². The number of hydrogen-bond donors (Lipinski definition) is 1. The van der Waals surface area contributed by atoms with E-state index in [1.54, 1.807) is 6.20 Å². The Morgan fingerprint density at radius 3 is 2.89 bits per heavy atom. The van der Waals surface area contributed by atoms with Crippen LogP contribution in [0, 0.1) is 0 Å². The SMILES string of the molecule is NC(Cc1ccccn1)C1OCCc2ccccc21. The van der Waals surface area contributed by atoms with Crippen LogP contribution in [-0.4, -0.2) is 17.6 Å². The van der Waals surface area contributed by atoms with Crippen LogP contribution in [0.4, 0.5) is 0 Å². The lowest BCUT2D eigenvalue weighted by atomic mass is 9.91. The van der Waals surface area contributed by atoms with Gasteiger partial charge in [-0.3, -0.25) is 4.98 Å². The molecule has 2 unspecified atom stereocenters. The van der Waals surface area contributed by atoms with Crippen molar-refractivity contribution in [1.82, 2.24) is 4.98 Å². The van der Waals surface area contributed by atoms with Gasteiger partial charge < -0.3 is 10.5 Å². The first kappa shape index (κ1) is 12.3. The predicted octanol–water partition coefficient (Wildman–Crippen LogP) is 2.27. The highest BCUT2D eigenvalue weighted by atomic mass is 16.5. The minimum Gasteiger partial charge on any atom is -0.372 e. The number of aromatic nitrogens is 1. The van der Waals surface area contributed by atoms with E-state index in [-0.39, 0.29) is 12.1 Å². The highest BCUT2D eigenvalue weighted by Crippen LogP contribution is 2.29. The van der Waals surface area contributed by atoms with E-state index in [9.17, 15) is 0 Å². The number of fused-ring (bicyclic) bond motifs is 1. The molecule has 98 valence electrons. The summed E-state index contributed by atoms with van der Waals surface area (Å²) in [6.45, 7) is 0.748. The predicted molar refractivity (Wildman–Crippen MR) is 74.8 cm³/mol. The zero-order valence-electron chi connectivity index (χ0n) is 10.8. The molecule has 19 heavy (non-hydrogen) atoms. The van der Waals surface area contributed by atoms with E-state index >= 15 is 0 Å². The van der Waals surface area contributed by atoms with Gasteiger partial charge in [0.25, 0.3) is 0 Å². The summed E-state index contributed by atoms with van der Waals surface area (Å²) >= 11 is 0. The van der Waals surface area contributed by atoms with Gasteiger partial charge in [0.2, 0.25) is 0 Å². The van der Waals surface area contributed by atoms with Gasteiger partial charge in [-0.25, -0.2) is 0 Å². The van der Waals surface area contributed by atoms with Gasteiger partial charge in [-0.15, -0.1) is 0 Å². The van der Waals surface area contributed by atoms with Crippen LogP contribution >= 0.6 is 0 Å². The fraction of sp³-hybridized carbons (Fsp3) is 0.312. The smallest absolute Gasteiger partial charge is 0.0982 e. The second kappa shape index (κ2) is 5.51. The largest absolute Gasteiger partial charge is 0.372 e. The Bertz CT molecular complexity index is 541. The summed E-state index contributed by atoms with van der Waals surface area (Å²) in [6, 6.07) is 14.3. The van der Waals surface area contributed by atoms with Gasteiger partial charge in [-0.1, -0.05) is 30.3 Å². The van der Waals surface area contributed by atoms with Crippen molar-refractivity contribution in [1.29, 1.82) is 0 Å². The van der Waals surface area contributed by atoms with Crippen molar-refractivity contribution in [2.45, 2.75) is 25.0 Å². The zero-order chi connectivity index (χ0) is 13.1. The maximum absolute atomic E-state index is 6.33. The Morgan fingerprint density at radius 2 is 2.05 bits per heavy atom. The lowest BCUT2D eigenvalue weighted by molar-refractivity contribution is 0.0244. The Hall–Kier alpha value is -1.71. The third-order valence-corrected chi connectivity index (χ3v) is 3.59. The molecule has 1 aromatic carbocycles. The molecule has 0 radical (unpaired) electrons. The lowest BCUT2D eigenvalue weighted by Gasteiger charge is -2.30. The van der Waals surface area contributed by atoms with Gasteiger partial charge in [0.05, 0.1) is 12.7 Å². The minimum atomic E-state index is -0.0589. The molecule has 1 aliphatic heterocycles. The summed E-state index contributed by atoms with van der Waals surface area (Å²) in [5.74, 6) is 0. The van der Waals surface area contributed by atoms with E-state index in [1.165, 1.54) is 11.1 Å². The van der Waals surface area contributed by atoms with E-state index < -0.39 is 0 Å². The molecule has 3 rings (SSSR count). The number of rotatable bonds is 3. The average Bonchev–Trinajstić information content (AvgIpc) is 2.47. The summed E-state index contributed by atoms with van der Waals surface area (Å²) in [4.78, 5) is 4.33. The van der Waals surface area contributed by atoms with E-state index in [0.29, 0.717) is 0 Å². The standard InChI is InChI=1S/C16H18N2O/c17-15(11-13-6-3-4-9-18-13)16-14-7-2-1-5-12(14)8-10-19-16/h1-7,9,15-16H,8,10-11,17H2. The highest BCUT2D eigenvalue weighted by molar-refractivity contribution is 5.32. The molecule has 0 amide bonds. The summed E-state index contributed by atoms with van der Waals surface area (Å²) in [6.07, 6.45) is 3.49. The Morgan fingerprint density at radius 1 is 1.21 bits per heavy atom. The molecule has 2 N–H and O–H groups in total. The lowest BCUT2D eigenvalue weighted by Crippen LogP contribution is -2.35. The van der Waals surface area contributed by atoms with Crippen LogP contribution in [-0.2, 0) is 17.6 Å². The Labute approximate surface area is 113 Å². The molecule has 3 heteroatoms. The van der Waals surface area contributed by atoms with Gasteiger partial charge in [-0.2, -0.15) is 0 Å².